The third kappa shape index (κ3) is 3.62. The molecular weight excluding hydrogens is 348 g/mol. The highest BCUT2D eigenvalue weighted by atomic mass is 16.2. The van der Waals surface area contributed by atoms with Gasteiger partial charge in [0, 0.05) is 56.9 Å². The Labute approximate surface area is 169 Å². The Morgan fingerprint density at radius 2 is 1.89 bits per heavy atom. The van der Waals surface area contributed by atoms with Crippen LogP contribution in [0.15, 0.2) is 12.4 Å². The normalized spacial score (nSPS) is 34.5. The van der Waals surface area contributed by atoms with E-state index in [1.807, 2.05) is 17.9 Å². The van der Waals surface area contributed by atoms with Gasteiger partial charge in [-0.05, 0) is 43.4 Å². The monoisotopic (exact) mass is 384 g/mol. The predicted octanol–water partition coefficient (Wildman–Crippen LogP) is 3.59. The molecule has 154 valence electrons. The van der Waals surface area contributed by atoms with Crippen molar-refractivity contribution in [2.75, 3.05) is 13.1 Å². The number of rotatable bonds is 4. The van der Waals surface area contributed by atoms with Crippen LogP contribution in [-0.2, 0) is 18.4 Å². The highest BCUT2D eigenvalue weighted by molar-refractivity contribution is 5.78. The summed E-state index contributed by atoms with van der Waals surface area (Å²) in [6.45, 7) is 3.31. The summed E-state index contributed by atoms with van der Waals surface area (Å²) in [6.07, 6.45) is 16.9. The summed E-state index contributed by atoms with van der Waals surface area (Å²) in [7, 11) is 2.00. The van der Waals surface area contributed by atoms with E-state index in [9.17, 15) is 4.79 Å². The maximum atomic E-state index is 13.0. The molecule has 3 aliphatic heterocycles. The summed E-state index contributed by atoms with van der Waals surface area (Å²) in [5.41, 5.74) is 1.32. The standard InChI is InChI=1S/C23H36N4O/c1-25-13-18(12-24-25)14-26-15-19-11-20(16-26)22(10-17-6-3-2-4-7-17)27-21(19)8-5-9-23(27)28/h12-13,17,19-22H,2-11,14-16H2,1H3/t19-,20+,21+,22+/m1/s1. The average molecular weight is 385 g/mol. The third-order valence-corrected chi connectivity index (χ3v) is 8.04. The highest BCUT2D eigenvalue weighted by Gasteiger charge is 2.49. The van der Waals surface area contributed by atoms with Crippen LogP contribution in [0.2, 0.25) is 0 Å². The Bertz CT molecular complexity index is 695. The molecular formula is C23H36N4O. The fourth-order valence-corrected chi connectivity index (χ4v) is 6.88. The molecule has 2 bridgehead atoms. The van der Waals surface area contributed by atoms with Crippen LogP contribution < -0.4 is 0 Å². The van der Waals surface area contributed by atoms with Gasteiger partial charge in [0.05, 0.1) is 6.20 Å². The number of carbonyl (C=O) groups is 1. The fourth-order valence-electron chi connectivity index (χ4n) is 6.88. The van der Waals surface area contributed by atoms with Gasteiger partial charge < -0.3 is 4.90 Å². The zero-order valence-electron chi connectivity index (χ0n) is 17.4. The molecule has 5 rings (SSSR count). The molecule has 28 heavy (non-hydrogen) atoms. The van der Waals surface area contributed by atoms with Crippen molar-refractivity contribution < 1.29 is 4.79 Å². The molecule has 0 spiro atoms. The van der Waals surface area contributed by atoms with Crippen LogP contribution in [0.25, 0.3) is 0 Å². The number of piperidine rings is 3. The minimum absolute atomic E-state index is 0.465. The van der Waals surface area contributed by atoms with Crippen LogP contribution in [0, 0.1) is 17.8 Å². The van der Waals surface area contributed by atoms with Crippen LogP contribution in [0.5, 0.6) is 0 Å². The SMILES string of the molecule is Cn1cc(CN2C[C@H]3C[C@@H](C2)[C@H](CC2CCCCC2)N2C(=O)CCC[C@@H]32)cn1. The zero-order valence-corrected chi connectivity index (χ0v) is 17.4. The first-order valence-electron chi connectivity index (χ1n) is 11.7. The Morgan fingerprint density at radius 3 is 2.68 bits per heavy atom. The van der Waals surface area contributed by atoms with E-state index in [4.69, 9.17) is 0 Å². The molecule has 0 aromatic carbocycles. The van der Waals surface area contributed by atoms with Gasteiger partial charge in [0.15, 0.2) is 0 Å². The van der Waals surface area contributed by atoms with E-state index in [0.29, 0.717) is 29.8 Å². The molecule has 4 fully saturated rings. The van der Waals surface area contributed by atoms with Crippen molar-refractivity contribution in [3.63, 3.8) is 0 Å². The number of amides is 1. The van der Waals surface area contributed by atoms with Gasteiger partial charge >= 0.3 is 0 Å². The largest absolute Gasteiger partial charge is 0.336 e. The molecule has 3 saturated heterocycles. The lowest BCUT2D eigenvalue weighted by Gasteiger charge is -2.57. The van der Waals surface area contributed by atoms with Crippen molar-refractivity contribution in [3.05, 3.63) is 18.0 Å². The minimum atomic E-state index is 0.465. The van der Waals surface area contributed by atoms with Crippen molar-refractivity contribution in [2.24, 2.45) is 24.8 Å². The Balaban J connectivity index is 1.35. The second kappa shape index (κ2) is 7.81. The number of likely N-dealkylation sites (tertiary alicyclic amines) is 1. The number of nitrogens with zero attached hydrogens (tertiary/aromatic N) is 4. The van der Waals surface area contributed by atoms with Gasteiger partial charge in [-0.25, -0.2) is 0 Å². The molecule has 4 heterocycles. The molecule has 1 aliphatic carbocycles. The number of hydrogen-bond acceptors (Lipinski definition) is 3. The average Bonchev–Trinajstić information content (AvgIpc) is 3.11. The van der Waals surface area contributed by atoms with Crippen molar-refractivity contribution in [1.82, 2.24) is 19.6 Å². The van der Waals surface area contributed by atoms with E-state index < -0.39 is 0 Å². The maximum Gasteiger partial charge on any atom is 0.223 e. The lowest BCUT2D eigenvalue weighted by Crippen LogP contribution is -2.65. The van der Waals surface area contributed by atoms with E-state index in [0.717, 1.165) is 38.4 Å². The summed E-state index contributed by atoms with van der Waals surface area (Å²) in [6, 6.07) is 0.997. The van der Waals surface area contributed by atoms with Crippen molar-refractivity contribution in [3.8, 4) is 0 Å². The van der Waals surface area contributed by atoms with Crippen molar-refractivity contribution in [1.29, 1.82) is 0 Å². The summed E-state index contributed by atoms with van der Waals surface area (Å²) < 4.78 is 1.91. The zero-order chi connectivity index (χ0) is 19.1. The molecule has 0 N–H and O–H groups in total. The topological polar surface area (TPSA) is 41.4 Å². The number of hydrogen-bond donors (Lipinski definition) is 0. The second-order valence-corrected chi connectivity index (χ2v) is 10.0. The summed E-state index contributed by atoms with van der Waals surface area (Å²) in [5, 5.41) is 4.36. The molecule has 1 saturated carbocycles. The third-order valence-electron chi connectivity index (χ3n) is 8.04. The first-order valence-corrected chi connectivity index (χ1v) is 11.7. The van der Waals surface area contributed by atoms with Crippen LogP contribution in [0.3, 0.4) is 0 Å². The molecule has 5 heteroatoms. The van der Waals surface area contributed by atoms with Crippen LogP contribution >= 0.6 is 0 Å². The number of carbonyl (C=O) groups excluding carboxylic acids is 1. The lowest BCUT2D eigenvalue weighted by atomic mass is 9.69. The minimum Gasteiger partial charge on any atom is -0.336 e. The Morgan fingerprint density at radius 1 is 1.07 bits per heavy atom. The molecule has 1 aromatic rings. The van der Waals surface area contributed by atoms with E-state index in [-0.39, 0.29) is 0 Å². The molecule has 5 nitrogen and oxygen atoms in total. The van der Waals surface area contributed by atoms with Crippen LogP contribution in [0.4, 0.5) is 0 Å². The van der Waals surface area contributed by atoms with E-state index >= 15 is 0 Å². The quantitative estimate of drug-likeness (QED) is 0.797. The number of aryl methyl sites for hydroxylation is 1. The Hall–Kier alpha value is -1.36. The van der Waals surface area contributed by atoms with Gasteiger partial charge in [-0.15, -0.1) is 0 Å². The fraction of sp³-hybridized carbons (Fsp3) is 0.826. The van der Waals surface area contributed by atoms with Gasteiger partial charge in [-0.1, -0.05) is 32.1 Å². The molecule has 4 atom stereocenters. The molecule has 0 unspecified atom stereocenters. The smallest absolute Gasteiger partial charge is 0.223 e. The van der Waals surface area contributed by atoms with E-state index in [2.05, 4.69) is 21.1 Å². The first kappa shape index (κ1) is 18.7. The van der Waals surface area contributed by atoms with Gasteiger partial charge in [0.2, 0.25) is 5.91 Å². The van der Waals surface area contributed by atoms with Crippen LogP contribution in [0.1, 0.15) is 69.8 Å². The summed E-state index contributed by atoms with van der Waals surface area (Å²) in [4.78, 5) is 18.1. The van der Waals surface area contributed by atoms with Crippen LogP contribution in [-0.4, -0.2) is 50.7 Å². The first-order chi connectivity index (χ1) is 13.7. The van der Waals surface area contributed by atoms with E-state index in [1.165, 1.54) is 56.9 Å². The lowest BCUT2D eigenvalue weighted by molar-refractivity contribution is -0.154. The summed E-state index contributed by atoms with van der Waals surface area (Å²) in [5.74, 6) is 2.64. The molecule has 0 radical (unpaired) electrons. The Kier molecular flexibility index (Phi) is 5.20. The molecule has 1 amide bonds. The second-order valence-electron chi connectivity index (χ2n) is 10.0. The predicted molar refractivity (Wildman–Crippen MR) is 110 cm³/mol. The van der Waals surface area contributed by atoms with Gasteiger partial charge in [0.1, 0.15) is 0 Å². The van der Waals surface area contributed by atoms with Gasteiger partial charge in [-0.2, -0.15) is 5.10 Å². The number of fused-ring (bicyclic) bond motifs is 4. The van der Waals surface area contributed by atoms with Crippen molar-refractivity contribution in [2.45, 2.75) is 82.8 Å². The van der Waals surface area contributed by atoms with Crippen molar-refractivity contribution >= 4 is 5.91 Å². The molecule has 4 aliphatic rings. The van der Waals surface area contributed by atoms with Gasteiger partial charge in [0.25, 0.3) is 0 Å². The highest BCUT2D eigenvalue weighted by Crippen LogP contribution is 2.44. The number of aromatic nitrogens is 2. The van der Waals surface area contributed by atoms with Gasteiger partial charge in [-0.3, -0.25) is 14.4 Å². The molecule has 1 aromatic heterocycles. The summed E-state index contributed by atoms with van der Waals surface area (Å²) >= 11 is 0. The van der Waals surface area contributed by atoms with E-state index in [1.54, 1.807) is 0 Å². The maximum absolute atomic E-state index is 13.0.